The fourth-order valence-electron chi connectivity index (χ4n) is 3.22. The lowest BCUT2D eigenvalue weighted by Gasteiger charge is -2.38. The van der Waals surface area contributed by atoms with Crippen molar-refractivity contribution in [3.63, 3.8) is 0 Å². The van der Waals surface area contributed by atoms with Crippen molar-refractivity contribution in [3.05, 3.63) is 53.1 Å². The minimum absolute atomic E-state index is 0.363. The molecular formula is C20H25N3O2. The quantitative estimate of drug-likeness (QED) is 0.688. The average molecular weight is 339 g/mol. The monoisotopic (exact) mass is 339 g/mol. The molecule has 5 nitrogen and oxygen atoms in total. The Labute approximate surface area is 149 Å². The number of nitrogens with two attached hydrogens (primary N) is 1. The van der Waals surface area contributed by atoms with Crippen LogP contribution in [-0.4, -0.2) is 39.3 Å². The molecule has 0 radical (unpaired) electrons. The second-order valence-electron chi connectivity index (χ2n) is 6.51. The number of nitrogens with zero attached hydrogens (tertiary/aromatic N) is 2. The van der Waals surface area contributed by atoms with Crippen LogP contribution in [0, 0.1) is 13.8 Å². The molecule has 0 amide bonds. The number of carbonyl (C=O) groups is 1. The van der Waals surface area contributed by atoms with Crippen LogP contribution in [0.25, 0.3) is 0 Å². The van der Waals surface area contributed by atoms with Gasteiger partial charge in [0.15, 0.2) is 0 Å². The number of anilines is 3. The van der Waals surface area contributed by atoms with Crippen LogP contribution < -0.4 is 15.5 Å². The van der Waals surface area contributed by atoms with E-state index in [1.807, 2.05) is 6.07 Å². The van der Waals surface area contributed by atoms with Gasteiger partial charge in [-0.3, -0.25) is 0 Å². The molecule has 2 aromatic carbocycles. The van der Waals surface area contributed by atoms with E-state index in [9.17, 15) is 4.79 Å². The molecule has 2 aromatic rings. The molecule has 0 aliphatic carbocycles. The van der Waals surface area contributed by atoms with Crippen molar-refractivity contribution >= 4 is 23.0 Å². The molecule has 2 N–H and O–H groups in total. The van der Waals surface area contributed by atoms with Gasteiger partial charge in [-0.05, 0) is 55.3 Å². The number of benzene rings is 2. The molecule has 1 aliphatic heterocycles. The zero-order chi connectivity index (χ0) is 18.0. The highest BCUT2D eigenvalue weighted by Crippen LogP contribution is 2.27. The maximum Gasteiger partial charge on any atom is 0.337 e. The summed E-state index contributed by atoms with van der Waals surface area (Å²) in [5.74, 6) is -0.363. The van der Waals surface area contributed by atoms with Crippen LogP contribution in [0.2, 0.25) is 0 Å². The van der Waals surface area contributed by atoms with E-state index >= 15 is 0 Å². The molecule has 5 heteroatoms. The molecule has 1 fully saturated rings. The number of nitrogen functional groups attached to an aromatic ring is 1. The number of methoxy groups -OCH3 is 1. The zero-order valence-electron chi connectivity index (χ0n) is 15.1. The van der Waals surface area contributed by atoms with Crippen molar-refractivity contribution in [2.24, 2.45) is 0 Å². The van der Waals surface area contributed by atoms with Crippen molar-refractivity contribution in [2.75, 3.05) is 48.8 Å². The smallest absolute Gasteiger partial charge is 0.337 e. The van der Waals surface area contributed by atoms with Crippen molar-refractivity contribution < 1.29 is 9.53 Å². The van der Waals surface area contributed by atoms with Gasteiger partial charge in [0.25, 0.3) is 0 Å². The maximum absolute atomic E-state index is 11.6. The number of esters is 1. The van der Waals surface area contributed by atoms with E-state index < -0.39 is 0 Å². The lowest BCUT2D eigenvalue weighted by atomic mass is 10.1. The van der Waals surface area contributed by atoms with E-state index in [2.05, 4.69) is 41.8 Å². The summed E-state index contributed by atoms with van der Waals surface area (Å²) in [6.07, 6.45) is 0. The van der Waals surface area contributed by atoms with Gasteiger partial charge >= 0.3 is 5.97 Å². The van der Waals surface area contributed by atoms with Crippen LogP contribution in [0.5, 0.6) is 0 Å². The predicted molar refractivity (Wildman–Crippen MR) is 103 cm³/mol. The van der Waals surface area contributed by atoms with Crippen molar-refractivity contribution in [1.82, 2.24) is 0 Å². The number of hydrogen-bond donors (Lipinski definition) is 1. The fraction of sp³-hybridized carbons (Fsp3) is 0.350. The molecular weight excluding hydrogens is 314 g/mol. The molecule has 0 spiro atoms. The normalized spacial score (nSPS) is 14.5. The molecule has 3 rings (SSSR count). The third-order valence-corrected chi connectivity index (χ3v) is 4.92. The molecule has 0 bridgehead atoms. The number of carbonyl (C=O) groups excluding carboxylic acids is 1. The van der Waals surface area contributed by atoms with Crippen molar-refractivity contribution in [1.29, 1.82) is 0 Å². The van der Waals surface area contributed by atoms with E-state index in [1.54, 1.807) is 12.1 Å². The Morgan fingerprint density at radius 3 is 2.24 bits per heavy atom. The average Bonchev–Trinajstić information content (AvgIpc) is 2.63. The van der Waals surface area contributed by atoms with Crippen LogP contribution in [0.1, 0.15) is 21.5 Å². The van der Waals surface area contributed by atoms with Gasteiger partial charge in [0.05, 0.1) is 24.0 Å². The lowest BCUT2D eigenvalue weighted by molar-refractivity contribution is 0.0601. The minimum Gasteiger partial charge on any atom is -0.465 e. The second-order valence-corrected chi connectivity index (χ2v) is 6.51. The van der Waals surface area contributed by atoms with E-state index in [0.29, 0.717) is 11.3 Å². The van der Waals surface area contributed by atoms with Gasteiger partial charge in [-0.25, -0.2) is 4.79 Å². The molecule has 0 aromatic heterocycles. The van der Waals surface area contributed by atoms with Gasteiger partial charge in [-0.1, -0.05) is 6.07 Å². The summed E-state index contributed by atoms with van der Waals surface area (Å²) in [5, 5.41) is 0. The number of aryl methyl sites for hydroxylation is 2. The molecule has 0 unspecified atom stereocenters. The third kappa shape index (κ3) is 3.55. The summed E-state index contributed by atoms with van der Waals surface area (Å²) in [7, 11) is 1.37. The first-order chi connectivity index (χ1) is 12.0. The van der Waals surface area contributed by atoms with Gasteiger partial charge in [0, 0.05) is 31.9 Å². The molecule has 1 aliphatic rings. The van der Waals surface area contributed by atoms with Gasteiger partial charge in [-0.15, -0.1) is 0 Å². The summed E-state index contributed by atoms with van der Waals surface area (Å²) in [6.45, 7) is 7.97. The van der Waals surface area contributed by atoms with Gasteiger partial charge < -0.3 is 20.3 Å². The Bertz CT molecular complexity index is 781. The number of ether oxygens (including phenoxy) is 1. The topological polar surface area (TPSA) is 58.8 Å². The molecule has 0 saturated carbocycles. The van der Waals surface area contributed by atoms with Crippen molar-refractivity contribution in [2.45, 2.75) is 13.8 Å². The molecule has 132 valence electrons. The second kappa shape index (κ2) is 7.05. The number of rotatable bonds is 3. The minimum atomic E-state index is -0.363. The highest BCUT2D eigenvalue weighted by molar-refractivity contribution is 5.92. The lowest BCUT2D eigenvalue weighted by Crippen LogP contribution is -2.46. The van der Waals surface area contributed by atoms with E-state index in [0.717, 1.165) is 31.9 Å². The van der Waals surface area contributed by atoms with Crippen LogP contribution in [0.15, 0.2) is 36.4 Å². The molecule has 0 atom stereocenters. The van der Waals surface area contributed by atoms with E-state index in [-0.39, 0.29) is 5.97 Å². The van der Waals surface area contributed by atoms with Crippen LogP contribution in [0.3, 0.4) is 0 Å². The Kier molecular flexibility index (Phi) is 4.83. The van der Waals surface area contributed by atoms with Gasteiger partial charge in [-0.2, -0.15) is 0 Å². The Morgan fingerprint density at radius 1 is 0.960 bits per heavy atom. The van der Waals surface area contributed by atoms with Crippen molar-refractivity contribution in [3.8, 4) is 0 Å². The first kappa shape index (κ1) is 17.1. The standard InChI is InChI=1S/C20H25N3O2/c1-14-4-6-17(12-15(14)2)22-8-10-23(11-9-22)19-7-5-16(13-18(19)21)20(24)25-3/h4-7,12-13H,8-11,21H2,1-3H3. The highest BCUT2D eigenvalue weighted by atomic mass is 16.5. The molecule has 1 saturated heterocycles. The van der Waals surface area contributed by atoms with Crippen LogP contribution >= 0.6 is 0 Å². The highest BCUT2D eigenvalue weighted by Gasteiger charge is 2.20. The Balaban J connectivity index is 1.69. The van der Waals surface area contributed by atoms with E-state index in [4.69, 9.17) is 10.5 Å². The summed E-state index contributed by atoms with van der Waals surface area (Å²) in [6, 6.07) is 12.0. The van der Waals surface area contributed by atoms with Gasteiger partial charge in [0.1, 0.15) is 0 Å². The molecule has 25 heavy (non-hydrogen) atoms. The maximum atomic E-state index is 11.6. The van der Waals surface area contributed by atoms with Gasteiger partial charge in [0.2, 0.25) is 0 Å². The summed E-state index contributed by atoms with van der Waals surface area (Å²) >= 11 is 0. The zero-order valence-corrected chi connectivity index (χ0v) is 15.1. The summed E-state index contributed by atoms with van der Waals surface area (Å²) in [5.41, 5.74) is 12.2. The summed E-state index contributed by atoms with van der Waals surface area (Å²) < 4.78 is 4.74. The fourth-order valence-corrected chi connectivity index (χ4v) is 3.22. The SMILES string of the molecule is COC(=O)c1ccc(N2CCN(c3ccc(C)c(C)c3)CC2)c(N)c1. The van der Waals surface area contributed by atoms with Crippen LogP contribution in [-0.2, 0) is 4.74 Å². The first-order valence-corrected chi connectivity index (χ1v) is 8.54. The van der Waals surface area contributed by atoms with E-state index in [1.165, 1.54) is 23.9 Å². The largest absolute Gasteiger partial charge is 0.465 e. The predicted octanol–water partition coefficient (Wildman–Crippen LogP) is 3.00. The molecule has 1 heterocycles. The number of hydrogen-bond acceptors (Lipinski definition) is 5. The Morgan fingerprint density at radius 2 is 1.64 bits per heavy atom. The Hall–Kier alpha value is -2.69. The summed E-state index contributed by atoms with van der Waals surface area (Å²) in [4.78, 5) is 16.3. The first-order valence-electron chi connectivity index (χ1n) is 8.54. The van der Waals surface area contributed by atoms with Crippen LogP contribution in [0.4, 0.5) is 17.1 Å². The number of piperazine rings is 1. The third-order valence-electron chi connectivity index (χ3n) is 4.92.